The number of amides is 3. The minimum absolute atomic E-state index is 0.0466. The van der Waals surface area contributed by atoms with Crippen LogP contribution >= 0.6 is 0 Å². The van der Waals surface area contributed by atoms with Crippen LogP contribution in [-0.2, 0) is 16.0 Å². The van der Waals surface area contributed by atoms with Crippen molar-refractivity contribution in [1.29, 1.82) is 0 Å². The molecule has 1 fully saturated rings. The lowest BCUT2D eigenvalue weighted by molar-refractivity contribution is -0.118. The molecular formula is C25H29N3O6. The molecule has 0 aromatic heterocycles. The van der Waals surface area contributed by atoms with Crippen molar-refractivity contribution in [1.82, 2.24) is 4.90 Å². The number of rotatable bonds is 5. The van der Waals surface area contributed by atoms with Crippen molar-refractivity contribution >= 4 is 29.3 Å². The van der Waals surface area contributed by atoms with Gasteiger partial charge in [-0.3, -0.25) is 9.59 Å². The average molecular weight is 468 g/mol. The summed E-state index contributed by atoms with van der Waals surface area (Å²) in [7, 11) is 3.11. The van der Waals surface area contributed by atoms with E-state index in [0.717, 1.165) is 16.2 Å². The molecule has 2 heterocycles. The summed E-state index contributed by atoms with van der Waals surface area (Å²) in [4.78, 5) is 42.8. The number of fused-ring (bicyclic) bond motifs is 1. The number of aryl methyl sites for hydroxylation is 1. The Hall–Kier alpha value is -3.75. The molecule has 9 nitrogen and oxygen atoms in total. The Morgan fingerprint density at radius 1 is 0.912 bits per heavy atom. The molecule has 2 aromatic rings. The fourth-order valence-corrected chi connectivity index (χ4v) is 4.38. The van der Waals surface area contributed by atoms with Crippen molar-refractivity contribution in [3.8, 4) is 11.5 Å². The molecule has 9 heteroatoms. The summed E-state index contributed by atoms with van der Waals surface area (Å²) in [5.41, 5.74) is 3.09. The van der Waals surface area contributed by atoms with Crippen molar-refractivity contribution in [2.24, 2.45) is 0 Å². The zero-order chi connectivity index (χ0) is 24.2. The highest BCUT2D eigenvalue weighted by Gasteiger charge is 2.31. The van der Waals surface area contributed by atoms with Crippen LogP contribution in [-0.4, -0.2) is 69.8 Å². The monoisotopic (exact) mass is 467 g/mol. The molecule has 1 saturated heterocycles. The second-order valence-corrected chi connectivity index (χ2v) is 8.09. The Kier molecular flexibility index (Phi) is 6.90. The second kappa shape index (κ2) is 10.0. The SMILES string of the molecule is CCOC(=O)N1C(=O)CCc2cc(N3CCN(C(=O)c4ccc(OC)c(OC)c4)CC3)ccc21. The molecule has 0 radical (unpaired) electrons. The van der Waals surface area contributed by atoms with Crippen molar-refractivity contribution < 1.29 is 28.6 Å². The van der Waals surface area contributed by atoms with Crippen LogP contribution in [0.2, 0.25) is 0 Å². The van der Waals surface area contributed by atoms with E-state index in [-0.39, 0.29) is 24.8 Å². The second-order valence-electron chi connectivity index (χ2n) is 8.09. The summed E-state index contributed by atoms with van der Waals surface area (Å²) in [5.74, 6) is 0.812. The van der Waals surface area contributed by atoms with Gasteiger partial charge in [-0.1, -0.05) is 0 Å². The maximum absolute atomic E-state index is 13.0. The number of imide groups is 1. The summed E-state index contributed by atoms with van der Waals surface area (Å²) in [5, 5.41) is 0. The molecule has 180 valence electrons. The van der Waals surface area contributed by atoms with Crippen LogP contribution in [0.1, 0.15) is 29.3 Å². The van der Waals surface area contributed by atoms with E-state index in [1.165, 1.54) is 0 Å². The quantitative estimate of drug-likeness (QED) is 0.668. The molecule has 2 aliphatic heterocycles. The first-order valence-corrected chi connectivity index (χ1v) is 11.4. The number of benzene rings is 2. The molecule has 0 spiro atoms. The van der Waals surface area contributed by atoms with Crippen LogP contribution < -0.4 is 19.3 Å². The standard InChI is InChI=1S/C25H29N3O6/c1-4-34-25(31)28-20-8-7-19(15-17(20)6-10-23(28)29)26-11-13-27(14-12-26)24(30)18-5-9-21(32-2)22(16-18)33-3/h5,7-9,15-16H,4,6,10-14H2,1-3H3. The molecule has 2 aromatic carbocycles. The molecule has 2 aliphatic rings. The van der Waals surface area contributed by atoms with Crippen LogP contribution in [0.4, 0.5) is 16.2 Å². The molecule has 3 amide bonds. The molecule has 0 saturated carbocycles. The van der Waals surface area contributed by atoms with Gasteiger partial charge in [0.15, 0.2) is 11.5 Å². The number of carbonyl (C=O) groups is 3. The van der Waals surface area contributed by atoms with E-state index in [1.807, 2.05) is 17.0 Å². The molecule has 0 unspecified atom stereocenters. The number of carbonyl (C=O) groups excluding carboxylic acids is 3. The molecule has 4 rings (SSSR count). The van der Waals surface area contributed by atoms with Gasteiger partial charge < -0.3 is 24.0 Å². The largest absolute Gasteiger partial charge is 0.493 e. The van der Waals surface area contributed by atoms with Crippen molar-refractivity contribution in [2.45, 2.75) is 19.8 Å². The number of nitrogens with zero attached hydrogens (tertiary/aromatic N) is 3. The third-order valence-electron chi connectivity index (χ3n) is 6.17. The van der Waals surface area contributed by atoms with Crippen molar-refractivity contribution in [3.05, 3.63) is 47.5 Å². The Bertz CT molecular complexity index is 1090. The normalized spacial score (nSPS) is 15.6. The predicted octanol–water partition coefficient (Wildman–Crippen LogP) is 3.10. The molecule has 34 heavy (non-hydrogen) atoms. The Balaban J connectivity index is 1.44. The van der Waals surface area contributed by atoms with Crippen LogP contribution in [0.25, 0.3) is 0 Å². The van der Waals surface area contributed by atoms with Gasteiger partial charge in [-0.2, -0.15) is 0 Å². The summed E-state index contributed by atoms with van der Waals surface area (Å²) in [6.07, 6.45) is 0.210. The van der Waals surface area contributed by atoms with Gasteiger partial charge in [0, 0.05) is 43.9 Å². The first-order valence-electron chi connectivity index (χ1n) is 11.4. The number of hydrogen-bond donors (Lipinski definition) is 0. The maximum atomic E-state index is 13.0. The van der Waals surface area contributed by atoms with Gasteiger partial charge in [-0.05, 0) is 55.3 Å². The van der Waals surface area contributed by atoms with E-state index in [9.17, 15) is 14.4 Å². The van der Waals surface area contributed by atoms with Crippen LogP contribution in [0.5, 0.6) is 11.5 Å². The molecular weight excluding hydrogens is 438 g/mol. The Morgan fingerprint density at radius 3 is 2.32 bits per heavy atom. The van der Waals surface area contributed by atoms with Crippen molar-refractivity contribution in [2.75, 3.05) is 56.8 Å². The van der Waals surface area contributed by atoms with Gasteiger partial charge >= 0.3 is 6.09 Å². The average Bonchev–Trinajstić information content (AvgIpc) is 2.87. The first kappa shape index (κ1) is 23.4. The fraction of sp³-hybridized carbons (Fsp3) is 0.400. The lowest BCUT2D eigenvalue weighted by atomic mass is 10.00. The molecule has 0 N–H and O–H groups in total. The Labute approximate surface area is 198 Å². The first-order chi connectivity index (χ1) is 16.5. The van der Waals surface area contributed by atoms with E-state index in [1.54, 1.807) is 45.4 Å². The summed E-state index contributed by atoms with van der Waals surface area (Å²) >= 11 is 0. The topological polar surface area (TPSA) is 88.6 Å². The minimum Gasteiger partial charge on any atom is -0.493 e. The summed E-state index contributed by atoms with van der Waals surface area (Å²) in [6, 6.07) is 10.9. The van der Waals surface area contributed by atoms with E-state index in [4.69, 9.17) is 14.2 Å². The number of anilines is 2. The van der Waals surface area contributed by atoms with Gasteiger partial charge in [0.05, 0.1) is 26.5 Å². The molecule has 0 atom stereocenters. The van der Waals surface area contributed by atoms with E-state index in [2.05, 4.69) is 4.90 Å². The van der Waals surface area contributed by atoms with Gasteiger partial charge in [-0.15, -0.1) is 0 Å². The van der Waals surface area contributed by atoms with Gasteiger partial charge in [0.1, 0.15) is 0 Å². The third-order valence-corrected chi connectivity index (χ3v) is 6.17. The number of ether oxygens (including phenoxy) is 3. The van der Waals surface area contributed by atoms with Crippen LogP contribution in [0.3, 0.4) is 0 Å². The van der Waals surface area contributed by atoms with Gasteiger partial charge in [-0.25, -0.2) is 9.69 Å². The maximum Gasteiger partial charge on any atom is 0.421 e. The highest BCUT2D eigenvalue weighted by Crippen LogP contribution is 2.33. The third kappa shape index (κ3) is 4.50. The number of methoxy groups -OCH3 is 2. The minimum atomic E-state index is -0.636. The van der Waals surface area contributed by atoms with Crippen LogP contribution in [0, 0.1) is 0 Å². The summed E-state index contributed by atoms with van der Waals surface area (Å²) in [6.45, 7) is 4.44. The highest BCUT2D eigenvalue weighted by atomic mass is 16.6. The lowest BCUT2D eigenvalue weighted by Gasteiger charge is -2.37. The zero-order valence-corrected chi connectivity index (χ0v) is 19.7. The molecule has 0 bridgehead atoms. The van der Waals surface area contributed by atoms with Crippen LogP contribution in [0.15, 0.2) is 36.4 Å². The smallest absolute Gasteiger partial charge is 0.421 e. The van der Waals surface area contributed by atoms with Gasteiger partial charge in [0.2, 0.25) is 5.91 Å². The highest BCUT2D eigenvalue weighted by molar-refractivity contribution is 6.14. The Morgan fingerprint density at radius 2 is 1.65 bits per heavy atom. The fourth-order valence-electron chi connectivity index (χ4n) is 4.38. The van der Waals surface area contributed by atoms with Crippen molar-refractivity contribution in [3.63, 3.8) is 0 Å². The van der Waals surface area contributed by atoms with E-state index in [0.29, 0.717) is 55.3 Å². The van der Waals surface area contributed by atoms with E-state index < -0.39 is 6.09 Å². The zero-order valence-electron chi connectivity index (χ0n) is 19.7. The van der Waals surface area contributed by atoms with Gasteiger partial charge in [0.25, 0.3) is 5.91 Å². The lowest BCUT2D eigenvalue weighted by Crippen LogP contribution is -2.49. The number of hydrogen-bond acceptors (Lipinski definition) is 7. The number of piperazine rings is 1. The molecule has 0 aliphatic carbocycles. The predicted molar refractivity (Wildman–Crippen MR) is 127 cm³/mol. The summed E-state index contributed by atoms with van der Waals surface area (Å²) < 4.78 is 15.6. The van der Waals surface area contributed by atoms with E-state index >= 15 is 0 Å².